The minimum absolute atomic E-state index is 0.520. The maximum atomic E-state index is 6.04. The number of ether oxygens (including phenoxy) is 1. The average molecular weight is 325 g/mol. The summed E-state index contributed by atoms with van der Waals surface area (Å²) in [5, 5.41) is 3.43. The Morgan fingerprint density at radius 2 is 1.61 bits per heavy atom. The first-order valence-electron chi connectivity index (χ1n) is 10.1. The number of likely N-dealkylation sites (tertiary alicyclic amines) is 1. The smallest absolute Gasteiger partial charge is 0.0594 e. The van der Waals surface area contributed by atoms with Crippen molar-refractivity contribution < 1.29 is 4.74 Å². The van der Waals surface area contributed by atoms with Gasteiger partial charge in [0.2, 0.25) is 0 Å². The molecular weight excluding hydrogens is 284 g/mol. The molecule has 1 heterocycles. The van der Waals surface area contributed by atoms with Crippen molar-refractivity contribution in [1.29, 1.82) is 0 Å². The molecule has 0 amide bonds. The summed E-state index contributed by atoms with van der Waals surface area (Å²) in [4.78, 5) is 2.73. The molecule has 2 rings (SSSR count). The summed E-state index contributed by atoms with van der Waals surface area (Å²) in [5.41, 5.74) is 0. The lowest BCUT2D eigenvalue weighted by Gasteiger charge is -2.37. The zero-order valence-corrected chi connectivity index (χ0v) is 16.0. The molecule has 0 aromatic rings. The van der Waals surface area contributed by atoms with Crippen molar-refractivity contribution in [2.75, 3.05) is 32.8 Å². The summed E-state index contributed by atoms with van der Waals surface area (Å²) < 4.78 is 6.04. The van der Waals surface area contributed by atoms with Crippen LogP contribution in [0, 0.1) is 17.8 Å². The molecule has 0 spiro atoms. The third kappa shape index (κ3) is 7.11. The lowest BCUT2D eigenvalue weighted by molar-refractivity contribution is 0.0131. The number of rotatable bonds is 8. The van der Waals surface area contributed by atoms with E-state index in [0.717, 1.165) is 30.9 Å². The Labute approximate surface area is 144 Å². The zero-order chi connectivity index (χ0) is 16.7. The Hall–Kier alpha value is -0.120. The number of piperidine rings is 1. The predicted octanol–water partition coefficient (Wildman–Crippen LogP) is 3.93. The van der Waals surface area contributed by atoms with E-state index < -0.39 is 0 Å². The Balaban J connectivity index is 1.55. The lowest BCUT2D eigenvalue weighted by atomic mass is 9.84. The van der Waals surface area contributed by atoms with Crippen LogP contribution in [0.3, 0.4) is 0 Å². The van der Waals surface area contributed by atoms with E-state index in [1.165, 1.54) is 58.2 Å². The van der Waals surface area contributed by atoms with Crippen LogP contribution in [0.15, 0.2) is 0 Å². The van der Waals surface area contributed by atoms with Crippen molar-refractivity contribution in [3.8, 4) is 0 Å². The Bertz CT molecular complexity index is 303. The monoisotopic (exact) mass is 324 g/mol. The second kappa shape index (κ2) is 10.0. The number of nitrogens with zero attached hydrogens (tertiary/aromatic N) is 1. The van der Waals surface area contributed by atoms with E-state index in [0.29, 0.717) is 12.1 Å². The van der Waals surface area contributed by atoms with Crippen LogP contribution in [0.25, 0.3) is 0 Å². The Morgan fingerprint density at radius 1 is 0.957 bits per heavy atom. The molecule has 0 aromatic heterocycles. The normalized spacial score (nSPS) is 27.9. The highest BCUT2D eigenvalue weighted by molar-refractivity contribution is 4.79. The van der Waals surface area contributed by atoms with Crippen LogP contribution in [0.1, 0.15) is 66.2 Å². The molecule has 0 unspecified atom stereocenters. The van der Waals surface area contributed by atoms with Gasteiger partial charge in [-0.1, -0.05) is 27.7 Å². The van der Waals surface area contributed by atoms with Gasteiger partial charge >= 0.3 is 0 Å². The van der Waals surface area contributed by atoms with Crippen LogP contribution in [0.2, 0.25) is 0 Å². The molecule has 2 aliphatic rings. The second-order valence-electron chi connectivity index (χ2n) is 8.50. The molecule has 1 saturated carbocycles. The second-order valence-corrected chi connectivity index (χ2v) is 8.50. The first-order valence-corrected chi connectivity index (χ1v) is 10.1. The molecule has 0 atom stereocenters. The van der Waals surface area contributed by atoms with E-state index in [1.54, 1.807) is 0 Å². The number of nitrogens with one attached hydrogen (secondary N) is 1. The summed E-state index contributed by atoms with van der Waals surface area (Å²) in [6.07, 6.45) is 8.63. The topological polar surface area (TPSA) is 24.5 Å². The van der Waals surface area contributed by atoms with Gasteiger partial charge in [0.25, 0.3) is 0 Å². The molecule has 2 fully saturated rings. The molecule has 1 saturated heterocycles. The molecule has 3 nitrogen and oxygen atoms in total. The summed E-state index contributed by atoms with van der Waals surface area (Å²) in [6, 6.07) is 0.564. The largest absolute Gasteiger partial charge is 0.377 e. The van der Waals surface area contributed by atoms with Crippen molar-refractivity contribution >= 4 is 0 Å². The van der Waals surface area contributed by atoms with Gasteiger partial charge in [0.1, 0.15) is 0 Å². The van der Waals surface area contributed by atoms with E-state index in [9.17, 15) is 0 Å². The first kappa shape index (κ1) is 19.2. The van der Waals surface area contributed by atoms with Gasteiger partial charge in [-0.05, 0) is 69.4 Å². The van der Waals surface area contributed by atoms with Crippen LogP contribution in [-0.4, -0.2) is 49.8 Å². The van der Waals surface area contributed by atoms with Gasteiger partial charge in [-0.15, -0.1) is 0 Å². The van der Waals surface area contributed by atoms with E-state index in [-0.39, 0.29) is 0 Å². The first-order chi connectivity index (χ1) is 11.0. The summed E-state index contributed by atoms with van der Waals surface area (Å²) in [5.74, 6) is 2.75. The van der Waals surface area contributed by atoms with Crippen molar-refractivity contribution in [3.05, 3.63) is 0 Å². The fraction of sp³-hybridized carbons (Fsp3) is 1.00. The molecule has 136 valence electrons. The fourth-order valence-electron chi connectivity index (χ4n) is 4.22. The summed E-state index contributed by atoms with van der Waals surface area (Å²) >= 11 is 0. The average Bonchev–Trinajstić information content (AvgIpc) is 2.53. The van der Waals surface area contributed by atoms with Gasteiger partial charge in [-0.3, -0.25) is 0 Å². The molecule has 23 heavy (non-hydrogen) atoms. The minimum atomic E-state index is 0.520. The van der Waals surface area contributed by atoms with Crippen molar-refractivity contribution in [3.63, 3.8) is 0 Å². The van der Waals surface area contributed by atoms with E-state index in [2.05, 4.69) is 37.9 Å². The SMILES string of the molecule is CC(C)NCCO[C@H]1CC[C@H](CN2CCC(C(C)C)CC2)CC1. The van der Waals surface area contributed by atoms with Gasteiger partial charge < -0.3 is 15.0 Å². The molecule has 1 aliphatic carbocycles. The third-order valence-corrected chi connectivity index (χ3v) is 5.89. The van der Waals surface area contributed by atoms with Crippen LogP contribution in [0.5, 0.6) is 0 Å². The highest BCUT2D eigenvalue weighted by atomic mass is 16.5. The molecule has 3 heteroatoms. The highest BCUT2D eigenvalue weighted by Gasteiger charge is 2.26. The Morgan fingerprint density at radius 3 is 2.17 bits per heavy atom. The lowest BCUT2D eigenvalue weighted by Crippen LogP contribution is -2.39. The van der Waals surface area contributed by atoms with Gasteiger partial charge in [0.05, 0.1) is 12.7 Å². The van der Waals surface area contributed by atoms with Crippen LogP contribution >= 0.6 is 0 Å². The fourth-order valence-corrected chi connectivity index (χ4v) is 4.22. The summed E-state index contributed by atoms with van der Waals surface area (Å²) in [7, 11) is 0. The van der Waals surface area contributed by atoms with E-state index in [4.69, 9.17) is 4.74 Å². The molecule has 1 N–H and O–H groups in total. The van der Waals surface area contributed by atoms with Crippen molar-refractivity contribution in [1.82, 2.24) is 10.2 Å². The standard InChI is InChI=1S/C20H40N2O/c1-16(2)19-9-12-22(13-10-19)15-18-5-7-20(8-6-18)23-14-11-21-17(3)4/h16-21H,5-15H2,1-4H3/t18-,20-. The van der Waals surface area contributed by atoms with Crippen LogP contribution in [-0.2, 0) is 4.74 Å². The third-order valence-electron chi connectivity index (χ3n) is 5.89. The molecular formula is C20H40N2O. The predicted molar refractivity (Wildman–Crippen MR) is 98.8 cm³/mol. The number of hydrogen-bond acceptors (Lipinski definition) is 3. The van der Waals surface area contributed by atoms with Crippen LogP contribution < -0.4 is 5.32 Å². The van der Waals surface area contributed by atoms with Gasteiger partial charge in [-0.2, -0.15) is 0 Å². The van der Waals surface area contributed by atoms with Gasteiger partial charge in [-0.25, -0.2) is 0 Å². The van der Waals surface area contributed by atoms with Gasteiger partial charge in [0.15, 0.2) is 0 Å². The molecule has 0 radical (unpaired) electrons. The highest BCUT2D eigenvalue weighted by Crippen LogP contribution is 2.29. The quantitative estimate of drug-likeness (QED) is 0.685. The number of hydrogen-bond donors (Lipinski definition) is 1. The van der Waals surface area contributed by atoms with Crippen molar-refractivity contribution in [2.24, 2.45) is 17.8 Å². The van der Waals surface area contributed by atoms with Crippen LogP contribution in [0.4, 0.5) is 0 Å². The Kier molecular flexibility index (Phi) is 8.35. The zero-order valence-electron chi connectivity index (χ0n) is 16.0. The van der Waals surface area contributed by atoms with Gasteiger partial charge in [0, 0.05) is 19.1 Å². The maximum Gasteiger partial charge on any atom is 0.0594 e. The van der Waals surface area contributed by atoms with E-state index in [1.807, 2.05) is 0 Å². The molecule has 0 aromatic carbocycles. The maximum absolute atomic E-state index is 6.04. The van der Waals surface area contributed by atoms with E-state index >= 15 is 0 Å². The van der Waals surface area contributed by atoms with Crippen molar-refractivity contribution in [2.45, 2.75) is 78.4 Å². The molecule has 1 aliphatic heterocycles. The summed E-state index contributed by atoms with van der Waals surface area (Å²) in [6.45, 7) is 15.0. The minimum Gasteiger partial charge on any atom is -0.377 e. The molecule has 0 bridgehead atoms.